The maximum absolute atomic E-state index is 6.92. The van der Waals surface area contributed by atoms with Crippen LogP contribution in [0.15, 0.2) is 48.5 Å². The first-order chi connectivity index (χ1) is 15.7. The summed E-state index contributed by atoms with van der Waals surface area (Å²) in [5, 5.41) is 1.11. The van der Waals surface area contributed by atoms with Crippen molar-refractivity contribution in [3.8, 4) is 11.5 Å². The van der Waals surface area contributed by atoms with Crippen molar-refractivity contribution in [1.82, 2.24) is 0 Å². The lowest BCUT2D eigenvalue weighted by Gasteiger charge is -2.30. The molecule has 0 spiro atoms. The Balaban J connectivity index is 2.20. The van der Waals surface area contributed by atoms with Crippen molar-refractivity contribution < 1.29 is 9.05 Å². The van der Waals surface area contributed by atoms with Gasteiger partial charge >= 0.3 is 8.38 Å². The van der Waals surface area contributed by atoms with Crippen LogP contribution in [-0.2, 0) is 10.8 Å². The Morgan fingerprint density at radius 1 is 0.559 bits per heavy atom. The highest BCUT2D eigenvalue weighted by Gasteiger charge is 2.30. The van der Waals surface area contributed by atoms with Gasteiger partial charge in [-0.05, 0) is 68.2 Å². The van der Waals surface area contributed by atoms with E-state index in [-0.39, 0.29) is 10.8 Å². The summed E-state index contributed by atoms with van der Waals surface area (Å²) in [5.41, 5.74) is 8.30. The van der Waals surface area contributed by atoms with Crippen LogP contribution in [0.2, 0.25) is 0 Å². The molecule has 0 aliphatic heterocycles. The van der Waals surface area contributed by atoms with E-state index >= 15 is 0 Å². The molecule has 3 aromatic carbocycles. The molecular weight excluding hydrogens is 435 g/mol. The van der Waals surface area contributed by atoms with Crippen LogP contribution in [0.3, 0.4) is 0 Å². The lowest BCUT2D eigenvalue weighted by Crippen LogP contribution is -2.19. The zero-order chi connectivity index (χ0) is 25.4. The molecule has 3 aromatic rings. The molecule has 34 heavy (non-hydrogen) atoms. The van der Waals surface area contributed by atoms with Crippen molar-refractivity contribution >= 4 is 13.7 Å². The molecule has 0 radical (unpaired) electrons. The topological polar surface area (TPSA) is 18.5 Å². The summed E-state index contributed by atoms with van der Waals surface area (Å²) < 4.78 is 13.8. The molecule has 0 saturated carbocycles. The number of rotatable bonds is 5. The Labute approximate surface area is 208 Å². The molecule has 0 fully saturated rings. The molecule has 0 aromatic heterocycles. The summed E-state index contributed by atoms with van der Waals surface area (Å²) in [6.07, 6.45) is 0. The summed E-state index contributed by atoms with van der Waals surface area (Å²) in [5.74, 6) is 1.88. The van der Waals surface area contributed by atoms with E-state index < -0.39 is 8.38 Å². The summed E-state index contributed by atoms with van der Waals surface area (Å²) >= 11 is 0. The van der Waals surface area contributed by atoms with Gasteiger partial charge in [-0.3, -0.25) is 0 Å². The fraction of sp³-hybridized carbons (Fsp3) is 0.419. The van der Waals surface area contributed by atoms with Gasteiger partial charge in [-0.25, -0.2) is 0 Å². The Morgan fingerprint density at radius 2 is 0.971 bits per heavy atom. The van der Waals surface area contributed by atoms with Gasteiger partial charge in [0.15, 0.2) is 0 Å². The molecule has 0 amide bonds. The molecule has 0 aliphatic rings. The average Bonchev–Trinajstić information content (AvgIpc) is 2.69. The number of aryl methyl sites for hydroxylation is 5. The van der Waals surface area contributed by atoms with Crippen molar-refractivity contribution in [2.75, 3.05) is 0 Å². The second-order valence-corrected chi connectivity index (χ2v) is 13.0. The molecule has 182 valence electrons. The lowest BCUT2D eigenvalue weighted by molar-refractivity contribution is 0.464. The quantitative estimate of drug-likeness (QED) is 0.342. The first-order valence-corrected chi connectivity index (χ1v) is 13.3. The SMILES string of the molecule is Cc1cc(C)c(OP(Oc2c(C)cc(C)cc2C(C)(C)C)c2ccccc2C)c(C(C)(C)C)c1. The van der Waals surface area contributed by atoms with E-state index in [1.807, 2.05) is 0 Å². The highest BCUT2D eigenvalue weighted by atomic mass is 31.2. The maximum atomic E-state index is 6.92. The third kappa shape index (κ3) is 5.84. The summed E-state index contributed by atoms with van der Waals surface area (Å²) in [6, 6.07) is 17.3. The highest BCUT2D eigenvalue weighted by molar-refractivity contribution is 7.56. The standard InChI is InChI=1S/C31H41O2P/c1-20-16-23(4)28(25(18-20)30(6,7)8)32-34(27-15-13-12-14-22(27)3)33-29-24(5)17-21(2)19-26(29)31(9,10)11/h12-19H,1-11H3. The third-order valence-electron chi connectivity index (χ3n) is 6.11. The van der Waals surface area contributed by atoms with Gasteiger partial charge in [0.1, 0.15) is 11.5 Å². The Hall–Kier alpha value is -2.31. The summed E-state index contributed by atoms with van der Waals surface area (Å²) in [4.78, 5) is 0. The van der Waals surface area contributed by atoms with Gasteiger partial charge in [-0.1, -0.05) is 95.1 Å². The van der Waals surface area contributed by atoms with E-state index in [0.717, 1.165) is 27.9 Å². The van der Waals surface area contributed by atoms with Gasteiger partial charge in [0.25, 0.3) is 0 Å². The van der Waals surface area contributed by atoms with Crippen molar-refractivity contribution in [3.05, 3.63) is 87.5 Å². The van der Waals surface area contributed by atoms with Gasteiger partial charge in [0, 0.05) is 11.1 Å². The van der Waals surface area contributed by atoms with Crippen LogP contribution in [-0.4, -0.2) is 0 Å². The molecule has 0 saturated heterocycles. The predicted molar refractivity (Wildman–Crippen MR) is 148 cm³/mol. The molecule has 0 aliphatic carbocycles. The highest BCUT2D eigenvalue weighted by Crippen LogP contribution is 2.48. The summed E-state index contributed by atoms with van der Waals surface area (Å²) in [7, 11) is -1.41. The van der Waals surface area contributed by atoms with E-state index in [9.17, 15) is 0 Å². The van der Waals surface area contributed by atoms with E-state index in [4.69, 9.17) is 9.05 Å². The molecule has 0 N–H and O–H groups in total. The first-order valence-electron chi connectivity index (χ1n) is 12.1. The van der Waals surface area contributed by atoms with Crippen LogP contribution in [0.5, 0.6) is 11.5 Å². The fourth-order valence-electron chi connectivity index (χ4n) is 4.32. The Bertz CT molecular complexity index is 1110. The minimum absolute atomic E-state index is 0.0464. The molecule has 0 bridgehead atoms. The smallest absolute Gasteiger partial charge is 0.326 e. The van der Waals surface area contributed by atoms with Gasteiger partial charge in [-0.2, -0.15) is 0 Å². The molecule has 3 rings (SSSR count). The van der Waals surface area contributed by atoms with Crippen LogP contribution < -0.4 is 14.4 Å². The number of benzene rings is 3. The minimum atomic E-state index is -1.41. The van der Waals surface area contributed by atoms with Crippen molar-refractivity contribution in [3.63, 3.8) is 0 Å². The second-order valence-electron chi connectivity index (χ2n) is 11.6. The predicted octanol–water partition coefficient (Wildman–Crippen LogP) is 8.92. The van der Waals surface area contributed by atoms with E-state index in [0.29, 0.717) is 0 Å². The van der Waals surface area contributed by atoms with E-state index in [2.05, 4.69) is 125 Å². The van der Waals surface area contributed by atoms with Crippen molar-refractivity contribution in [1.29, 1.82) is 0 Å². The maximum Gasteiger partial charge on any atom is 0.326 e. The van der Waals surface area contributed by atoms with Gasteiger partial charge in [0.05, 0.1) is 5.30 Å². The molecule has 0 unspecified atom stereocenters. The van der Waals surface area contributed by atoms with Crippen molar-refractivity contribution in [2.24, 2.45) is 0 Å². The van der Waals surface area contributed by atoms with Crippen LogP contribution in [0.1, 0.15) is 80.5 Å². The Kier molecular flexibility index (Phi) is 7.54. The fourth-order valence-corrected chi connectivity index (χ4v) is 5.94. The van der Waals surface area contributed by atoms with E-state index in [1.54, 1.807) is 0 Å². The molecular formula is C31H41O2P. The van der Waals surface area contributed by atoms with Crippen LogP contribution >= 0.6 is 8.38 Å². The second kappa shape index (κ2) is 9.74. The molecule has 3 heteroatoms. The molecule has 0 atom stereocenters. The minimum Gasteiger partial charge on any atom is -0.435 e. The third-order valence-corrected chi connectivity index (χ3v) is 7.71. The zero-order valence-corrected chi connectivity index (χ0v) is 23.8. The van der Waals surface area contributed by atoms with Crippen LogP contribution in [0, 0.1) is 34.6 Å². The summed E-state index contributed by atoms with van der Waals surface area (Å²) in [6.45, 7) is 24.2. The largest absolute Gasteiger partial charge is 0.435 e. The van der Waals surface area contributed by atoms with E-state index in [1.165, 1.54) is 27.8 Å². The first kappa shape index (κ1) is 26.3. The van der Waals surface area contributed by atoms with Crippen LogP contribution in [0.4, 0.5) is 0 Å². The van der Waals surface area contributed by atoms with Gasteiger partial charge < -0.3 is 9.05 Å². The molecule has 0 heterocycles. The van der Waals surface area contributed by atoms with Gasteiger partial charge in [-0.15, -0.1) is 0 Å². The molecule has 2 nitrogen and oxygen atoms in total. The van der Waals surface area contributed by atoms with Gasteiger partial charge in [0.2, 0.25) is 0 Å². The number of hydrogen-bond acceptors (Lipinski definition) is 2. The van der Waals surface area contributed by atoms with Crippen molar-refractivity contribution in [2.45, 2.75) is 87.0 Å². The monoisotopic (exact) mass is 476 g/mol. The normalized spacial score (nSPS) is 12.2. The van der Waals surface area contributed by atoms with Crippen LogP contribution in [0.25, 0.3) is 0 Å². The number of hydrogen-bond donors (Lipinski definition) is 0. The average molecular weight is 477 g/mol. The Morgan fingerprint density at radius 3 is 1.35 bits per heavy atom. The zero-order valence-electron chi connectivity index (χ0n) is 22.9. The lowest BCUT2D eigenvalue weighted by atomic mass is 9.84.